The first-order valence-electron chi connectivity index (χ1n) is 4.59. The highest BCUT2D eigenvalue weighted by Crippen LogP contribution is 2.23. The zero-order chi connectivity index (χ0) is 12.6. The van der Waals surface area contributed by atoms with E-state index >= 15 is 0 Å². The van der Waals surface area contributed by atoms with Gasteiger partial charge in [-0.25, -0.2) is 4.68 Å². The highest BCUT2D eigenvalue weighted by atomic mass is 35.5. The summed E-state index contributed by atoms with van der Waals surface area (Å²) in [5.41, 5.74) is 11.6. The van der Waals surface area contributed by atoms with Crippen molar-refractivity contribution in [2.75, 3.05) is 5.73 Å². The van der Waals surface area contributed by atoms with Crippen LogP contribution in [0.2, 0.25) is 10.0 Å². The molecular formula is C10H8Cl2N4O. The third-order valence-electron chi connectivity index (χ3n) is 2.18. The van der Waals surface area contributed by atoms with Crippen molar-refractivity contribution < 1.29 is 4.79 Å². The number of carbonyl (C=O) groups is 1. The van der Waals surface area contributed by atoms with Crippen LogP contribution in [0.4, 0.5) is 5.82 Å². The summed E-state index contributed by atoms with van der Waals surface area (Å²) in [5, 5.41) is 4.58. The molecule has 0 unspecified atom stereocenters. The minimum absolute atomic E-state index is 0.224. The van der Waals surface area contributed by atoms with Crippen LogP contribution in [0.15, 0.2) is 24.4 Å². The number of amides is 1. The molecule has 1 aromatic heterocycles. The number of hydrogen-bond acceptors (Lipinski definition) is 3. The highest BCUT2D eigenvalue weighted by molar-refractivity contribution is 6.34. The zero-order valence-corrected chi connectivity index (χ0v) is 10.0. The van der Waals surface area contributed by atoms with E-state index in [1.54, 1.807) is 18.3 Å². The van der Waals surface area contributed by atoms with Crippen LogP contribution >= 0.6 is 23.2 Å². The summed E-state index contributed by atoms with van der Waals surface area (Å²) < 4.78 is 1.47. The minimum Gasteiger partial charge on any atom is -0.381 e. The van der Waals surface area contributed by atoms with Gasteiger partial charge in [0, 0.05) is 0 Å². The second-order valence-electron chi connectivity index (χ2n) is 3.34. The van der Waals surface area contributed by atoms with Crippen LogP contribution in [0.1, 0.15) is 10.4 Å². The summed E-state index contributed by atoms with van der Waals surface area (Å²) in [6.07, 6.45) is 1.55. The predicted molar refractivity (Wildman–Crippen MR) is 66.5 cm³/mol. The fraction of sp³-hybridized carbons (Fsp3) is 0. The molecule has 0 radical (unpaired) electrons. The van der Waals surface area contributed by atoms with Crippen molar-refractivity contribution in [3.05, 3.63) is 40.0 Å². The van der Waals surface area contributed by atoms with Gasteiger partial charge in [-0.1, -0.05) is 23.2 Å². The lowest BCUT2D eigenvalue weighted by Gasteiger charge is -2.04. The van der Waals surface area contributed by atoms with E-state index in [9.17, 15) is 4.79 Å². The molecule has 0 aliphatic rings. The number of halogens is 2. The number of aromatic nitrogens is 2. The molecule has 0 aliphatic heterocycles. The first-order valence-corrected chi connectivity index (χ1v) is 5.35. The first-order chi connectivity index (χ1) is 7.99. The van der Waals surface area contributed by atoms with Crippen LogP contribution in [0, 0.1) is 0 Å². The fourth-order valence-corrected chi connectivity index (χ4v) is 1.74. The summed E-state index contributed by atoms with van der Waals surface area (Å²) in [6.45, 7) is 0. The Balaban J connectivity index is 2.47. The van der Waals surface area contributed by atoms with Gasteiger partial charge in [0.15, 0.2) is 5.82 Å². The molecule has 0 saturated heterocycles. The Kier molecular flexibility index (Phi) is 2.95. The number of hydrogen-bond donors (Lipinski definition) is 2. The second-order valence-corrected chi connectivity index (χ2v) is 4.15. The molecule has 1 aromatic carbocycles. The van der Waals surface area contributed by atoms with E-state index < -0.39 is 5.91 Å². The van der Waals surface area contributed by atoms with Crippen LogP contribution in [0.3, 0.4) is 0 Å². The van der Waals surface area contributed by atoms with Crippen LogP contribution in [-0.4, -0.2) is 15.7 Å². The van der Waals surface area contributed by atoms with Crippen molar-refractivity contribution in [2.45, 2.75) is 0 Å². The van der Waals surface area contributed by atoms with Gasteiger partial charge >= 0.3 is 0 Å². The quantitative estimate of drug-likeness (QED) is 0.873. The standard InChI is InChI=1S/C10H8Cl2N4O/c11-7-3-5(1-2-6(7)10(14)17)16-4-8(12)9(13)15-16/h1-4H,(H2,13,15)(H2,14,17). The normalized spacial score (nSPS) is 10.5. The van der Waals surface area contributed by atoms with Crippen LogP contribution < -0.4 is 11.5 Å². The Labute approximate surface area is 107 Å². The number of anilines is 1. The number of carbonyl (C=O) groups excluding carboxylic acids is 1. The molecule has 7 heteroatoms. The lowest BCUT2D eigenvalue weighted by atomic mass is 10.2. The molecule has 0 spiro atoms. The van der Waals surface area contributed by atoms with Crippen LogP contribution in [0.5, 0.6) is 0 Å². The van der Waals surface area contributed by atoms with Crippen LogP contribution in [0.25, 0.3) is 5.69 Å². The average Bonchev–Trinajstić information content (AvgIpc) is 2.58. The van der Waals surface area contributed by atoms with E-state index in [2.05, 4.69) is 5.10 Å². The first kappa shape index (κ1) is 11.8. The Morgan fingerprint density at radius 3 is 2.47 bits per heavy atom. The van der Waals surface area contributed by atoms with Gasteiger partial charge in [0.05, 0.1) is 22.5 Å². The molecule has 0 atom stereocenters. The molecule has 1 amide bonds. The molecule has 1 heterocycles. The Bertz CT molecular complexity index is 574. The molecular weight excluding hydrogens is 263 g/mol. The number of primary amides is 1. The molecule has 17 heavy (non-hydrogen) atoms. The van der Waals surface area contributed by atoms with Crippen molar-refractivity contribution in [1.82, 2.24) is 9.78 Å². The van der Waals surface area contributed by atoms with Gasteiger partial charge in [-0.3, -0.25) is 4.79 Å². The molecule has 0 bridgehead atoms. The van der Waals surface area contributed by atoms with Gasteiger partial charge in [-0.2, -0.15) is 0 Å². The minimum atomic E-state index is -0.584. The Morgan fingerprint density at radius 2 is 2.00 bits per heavy atom. The number of benzene rings is 1. The summed E-state index contributed by atoms with van der Waals surface area (Å²) >= 11 is 11.7. The fourth-order valence-electron chi connectivity index (χ4n) is 1.34. The average molecular weight is 271 g/mol. The maximum atomic E-state index is 11.0. The Morgan fingerprint density at radius 1 is 1.29 bits per heavy atom. The SMILES string of the molecule is NC(=O)c1ccc(-n2cc(Cl)c(N)n2)cc1Cl. The summed E-state index contributed by atoms with van der Waals surface area (Å²) in [6, 6.07) is 4.73. The van der Waals surface area contributed by atoms with E-state index in [0.717, 1.165) is 0 Å². The number of nitrogens with two attached hydrogens (primary N) is 2. The summed E-state index contributed by atoms with van der Waals surface area (Å²) in [7, 11) is 0. The van der Waals surface area contributed by atoms with Gasteiger partial charge in [0.25, 0.3) is 0 Å². The second kappa shape index (κ2) is 4.27. The zero-order valence-electron chi connectivity index (χ0n) is 8.52. The van der Waals surface area contributed by atoms with Gasteiger partial charge in [-0.15, -0.1) is 5.10 Å². The lowest BCUT2D eigenvalue weighted by Crippen LogP contribution is -2.11. The third-order valence-corrected chi connectivity index (χ3v) is 2.78. The van der Waals surface area contributed by atoms with Gasteiger partial charge in [-0.05, 0) is 18.2 Å². The Hall–Kier alpha value is -1.72. The summed E-state index contributed by atoms with van der Waals surface area (Å²) in [5.74, 6) is -0.360. The molecule has 2 aromatic rings. The van der Waals surface area contributed by atoms with E-state index in [1.165, 1.54) is 10.7 Å². The molecule has 0 saturated carbocycles. The maximum Gasteiger partial charge on any atom is 0.250 e. The number of rotatable bonds is 2. The largest absolute Gasteiger partial charge is 0.381 e. The van der Waals surface area contributed by atoms with E-state index in [0.29, 0.717) is 10.7 Å². The lowest BCUT2D eigenvalue weighted by molar-refractivity contribution is 0.100. The van der Waals surface area contributed by atoms with E-state index in [-0.39, 0.29) is 16.4 Å². The smallest absolute Gasteiger partial charge is 0.250 e. The van der Waals surface area contributed by atoms with Crippen molar-refractivity contribution >= 4 is 34.9 Å². The molecule has 5 nitrogen and oxygen atoms in total. The highest BCUT2D eigenvalue weighted by Gasteiger charge is 2.09. The van der Waals surface area contributed by atoms with Gasteiger partial charge < -0.3 is 11.5 Å². The van der Waals surface area contributed by atoms with Crippen molar-refractivity contribution in [1.29, 1.82) is 0 Å². The molecule has 0 aliphatic carbocycles. The molecule has 88 valence electrons. The predicted octanol–water partition coefficient (Wildman–Crippen LogP) is 1.86. The maximum absolute atomic E-state index is 11.0. The summed E-state index contributed by atoms with van der Waals surface area (Å²) in [4.78, 5) is 11.0. The molecule has 2 rings (SSSR count). The number of nitrogen functional groups attached to an aromatic ring is 1. The topological polar surface area (TPSA) is 86.9 Å². The monoisotopic (exact) mass is 270 g/mol. The van der Waals surface area contributed by atoms with Crippen molar-refractivity contribution in [3.8, 4) is 5.69 Å². The van der Waals surface area contributed by atoms with Crippen LogP contribution in [-0.2, 0) is 0 Å². The molecule has 0 fully saturated rings. The van der Waals surface area contributed by atoms with Crippen molar-refractivity contribution in [2.24, 2.45) is 5.73 Å². The van der Waals surface area contributed by atoms with E-state index in [1.807, 2.05) is 0 Å². The van der Waals surface area contributed by atoms with Gasteiger partial charge in [0.1, 0.15) is 5.02 Å². The molecule has 4 N–H and O–H groups in total. The van der Waals surface area contributed by atoms with E-state index in [4.69, 9.17) is 34.7 Å². The van der Waals surface area contributed by atoms with Gasteiger partial charge in [0.2, 0.25) is 5.91 Å². The third kappa shape index (κ3) is 2.20. The van der Waals surface area contributed by atoms with Crippen molar-refractivity contribution in [3.63, 3.8) is 0 Å². The number of nitrogens with zero attached hydrogens (tertiary/aromatic N) is 2.